The van der Waals surface area contributed by atoms with Crippen LogP contribution in [0.15, 0.2) is 24.3 Å². The number of β-amino-alcohol motifs (C(OH)–C–C–N with tert-alkyl or cyclic N) is 1. The number of rotatable bonds is 4. The Hall–Kier alpha value is -1.99. The van der Waals surface area contributed by atoms with E-state index in [1.165, 1.54) is 17.0 Å². The van der Waals surface area contributed by atoms with Crippen molar-refractivity contribution in [3.05, 3.63) is 35.6 Å². The monoisotopic (exact) mass is 336 g/mol. The molecule has 0 spiro atoms. The van der Waals surface area contributed by atoms with Crippen LogP contribution in [0.1, 0.15) is 24.8 Å². The molecule has 3 rings (SSSR count). The lowest BCUT2D eigenvalue weighted by Gasteiger charge is -2.32. The number of amides is 2. The molecule has 1 aliphatic carbocycles. The summed E-state index contributed by atoms with van der Waals surface area (Å²) in [6.07, 6.45) is 1.01. The molecular formula is C17H21FN2O4. The van der Waals surface area contributed by atoms with Crippen molar-refractivity contribution in [2.45, 2.75) is 30.3 Å². The van der Waals surface area contributed by atoms with Gasteiger partial charge >= 0.3 is 0 Å². The molecular weight excluding hydrogens is 315 g/mol. The Balaban J connectivity index is 1.82. The zero-order valence-corrected chi connectivity index (χ0v) is 13.3. The zero-order valence-electron chi connectivity index (χ0n) is 13.3. The highest BCUT2D eigenvalue weighted by Gasteiger charge is 2.54. The number of primary amides is 1. The molecule has 1 aromatic carbocycles. The minimum absolute atomic E-state index is 0.0220. The van der Waals surface area contributed by atoms with Crippen LogP contribution in [0.5, 0.6) is 0 Å². The standard InChI is InChI=1S/C17H21FN2O4/c18-13-3-1-2-12(8-13)17(4-5-17)15(22)20-6-7-24-11-16(23,10-20)9-14(19)21/h1-3,8,23H,4-7,9-11H2,(H2,19,21)/t16-/m1/s1. The topological polar surface area (TPSA) is 92.9 Å². The third-order valence-corrected chi connectivity index (χ3v) is 4.69. The highest BCUT2D eigenvalue weighted by Crippen LogP contribution is 2.50. The van der Waals surface area contributed by atoms with Crippen LogP contribution >= 0.6 is 0 Å². The number of nitrogens with two attached hydrogens (primary N) is 1. The number of carbonyl (C=O) groups is 2. The summed E-state index contributed by atoms with van der Waals surface area (Å²) in [6, 6.07) is 6.06. The normalized spacial score (nSPS) is 25.8. The van der Waals surface area contributed by atoms with E-state index in [9.17, 15) is 19.1 Å². The molecule has 24 heavy (non-hydrogen) atoms. The average molecular weight is 336 g/mol. The minimum atomic E-state index is -1.49. The van der Waals surface area contributed by atoms with Crippen LogP contribution in [0.25, 0.3) is 0 Å². The van der Waals surface area contributed by atoms with Gasteiger partial charge in [0, 0.05) is 6.54 Å². The second kappa shape index (κ2) is 6.14. The molecule has 1 atom stereocenters. The predicted molar refractivity (Wildman–Crippen MR) is 83.5 cm³/mol. The van der Waals surface area contributed by atoms with E-state index in [1.54, 1.807) is 12.1 Å². The average Bonchev–Trinajstić information content (AvgIpc) is 3.31. The Morgan fingerprint density at radius 3 is 2.75 bits per heavy atom. The second-order valence-electron chi connectivity index (χ2n) is 6.74. The Labute approximate surface area is 139 Å². The van der Waals surface area contributed by atoms with Crippen molar-refractivity contribution in [3.8, 4) is 0 Å². The maximum atomic E-state index is 13.5. The van der Waals surface area contributed by atoms with Gasteiger partial charge < -0.3 is 20.5 Å². The van der Waals surface area contributed by atoms with Gasteiger partial charge in [0.1, 0.15) is 11.4 Å². The fourth-order valence-corrected chi connectivity index (χ4v) is 3.36. The third kappa shape index (κ3) is 3.27. The predicted octanol–water partition coefficient (Wildman–Crippen LogP) is 0.323. The summed E-state index contributed by atoms with van der Waals surface area (Å²) in [6.45, 7) is 0.515. The van der Waals surface area contributed by atoms with E-state index >= 15 is 0 Å². The first-order valence-corrected chi connectivity index (χ1v) is 7.99. The van der Waals surface area contributed by atoms with Crippen LogP contribution < -0.4 is 5.73 Å². The van der Waals surface area contributed by atoms with Gasteiger partial charge in [-0.2, -0.15) is 0 Å². The molecule has 0 aromatic heterocycles. The molecule has 1 saturated carbocycles. The van der Waals surface area contributed by atoms with Gasteiger partial charge in [-0.3, -0.25) is 9.59 Å². The lowest BCUT2D eigenvalue weighted by atomic mass is 9.92. The summed E-state index contributed by atoms with van der Waals surface area (Å²) in [5, 5.41) is 10.6. The number of hydrogen-bond donors (Lipinski definition) is 2. The van der Waals surface area contributed by atoms with Gasteiger partial charge in [0.2, 0.25) is 11.8 Å². The van der Waals surface area contributed by atoms with Gasteiger partial charge in [0.25, 0.3) is 0 Å². The van der Waals surface area contributed by atoms with Crippen molar-refractivity contribution < 1.29 is 23.8 Å². The molecule has 2 amide bonds. The van der Waals surface area contributed by atoms with Crippen molar-refractivity contribution in [2.75, 3.05) is 26.3 Å². The molecule has 2 fully saturated rings. The molecule has 0 radical (unpaired) electrons. The minimum Gasteiger partial charge on any atom is -0.385 e. The van der Waals surface area contributed by atoms with Crippen LogP contribution in [0.2, 0.25) is 0 Å². The number of carbonyl (C=O) groups excluding carboxylic acids is 2. The van der Waals surface area contributed by atoms with E-state index < -0.39 is 16.9 Å². The molecule has 1 heterocycles. The quantitative estimate of drug-likeness (QED) is 0.828. The Morgan fingerprint density at radius 2 is 2.12 bits per heavy atom. The van der Waals surface area contributed by atoms with Gasteiger partial charge in [-0.05, 0) is 30.5 Å². The van der Waals surface area contributed by atoms with Crippen LogP contribution in [-0.4, -0.2) is 53.7 Å². The third-order valence-electron chi connectivity index (χ3n) is 4.69. The van der Waals surface area contributed by atoms with Crippen molar-refractivity contribution in [2.24, 2.45) is 5.73 Å². The number of nitrogens with zero attached hydrogens (tertiary/aromatic N) is 1. The lowest BCUT2D eigenvalue weighted by molar-refractivity contribution is -0.139. The first-order valence-electron chi connectivity index (χ1n) is 7.99. The first kappa shape index (κ1) is 16.9. The molecule has 3 N–H and O–H groups in total. The van der Waals surface area contributed by atoms with E-state index in [-0.39, 0.29) is 37.9 Å². The molecule has 1 aliphatic heterocycles. The Morgan fingerprint density at radius 1 is 1.38 bits per heavy atom. The number of benzene rings is 1. The van der Waals surface area contributed by atoms with Crippen LogP contribution in [-0.2, 0) is 19.7 Å². The largest absolute Gasteiger partial charge is 0.385 e. The highest BCUT2D eigenvalue weighted by molar-refractivity contribution is 5.91. The molecule has 7 heteroatoms. The number of halogens is 1. The number of aliphatic hydroxyl groups is 1. The molecule has 2 aliphatic rings. The van der Waals surface area contributed by atoms with Crippen molar-refractivity contribution in [1.29, 1.82) is 0 Å². The Bertz CT molecular complexity index is 662. The molecule has 1 aromatic rings. The summed E-state index contributed by atoms with van der Waals surface area (Å²) < 4.78 is 18.9. The van der Waals surface area contributed by atoms with Gasteiger partial charge in [-0.15, -0.1) is 0 Å². The van der Waals surface area contributed by atoms with Gasteiger partial charge in [-0.25, -0.2) is 4.39 Å². The first-order chi connectivity index (χ1) is 11.3. The molecule has 0 bridgehead atoms. The number of hydrogen-bond acceptors (Lipinski definition) is 4. The van der Waals surface area contributed by atoms with E-state index in [2.05, 4.69) is 0 Å². The zero-order chi connectivity index (χ0) is 17.4. The summed E-state index contributed by atoms with van der Waals surface area (Å²) in [4.78, 5) is 25.7. The van der Waals surface area contributed by atoms with Crippen molar-refractivity contribution >= 4 is 11.8 Å². The highest BCUT2D eigenvalue weighted by atomic mass is 19.1. The van der Waals surface area contributed by atoms with Gasteiger partial charge in [0.15, 0.2) is 0 Å². The van der Waals surface area contributed by atoms with E-state index in [0.29, 0.717) is 24.9 Å². The SMILES string of the molecule is NC(=O)C[C@]1(O)COCCN(C(=O)C2(c3cccc(F)c3)CC2)C1. The number of ether oxygens (including phenoxy) is 1. The van der Waals surface area contributed by atoms with Crippen molar-refractivity contribution in [3.63, 3.8) is 0 Å². The van der Waals surface area contributed by atoms with E-state index in [4.69, 9.17) is 10.5 Å². The fourth-order valence-electron chi connectivity index (χ4n) is 3.36. The van der Waals surface area contributed by atoms with Crippen LogP contribution in [0, 0.1) is 5.82 Å². The van der Waals surface area contributed by atoms with Gasteiger partial charge in [0.05, 0.1) is 31.6 Å². The summed E-state index contributed by atoms with van der Waals surface area (Å²) in [5.74, 6) is -1.20. The summed E-state index contributed by atoms with van der Waals surface area (Å²) >= 11 is 0. The summed E-state index contributed by atoms with van der Waals surface area (Å²) in [7, 11) is 0. The van der Waals surface area contributed by atoms with Crippen LogP contribution in [0.4, 0.5) is 4.39 Å². The molecule has 0 unspecified atom stereocenters. The maximum absolute atomic E-state index is 13.5. The molecule has 1 saturated heterocycles. The maximum Gasteiger partial charge on any atom is 0.233 e. The second-order valence-corrected chi connectivity index (χ2v) is 6.74. The van der Waals surface area contributed by atoms with E-state index in [1.807, 2.05) is 0 Å². The Kier molecular flexibility index (Phi) is 4.31. The lowest BCUT2D eigenvalue weighted by Crippen LogP contribution is -2.50. The van der Waals surface area contributed by atoms with E-state index in [0.717, 1.165) is 0 Å². The molecule has 6 nitrogen and oxygen atoms in total. The fraction of sp³-hybridized carbons (Fsp3) is 0.529. The van der Waals surface area contributed by atoms with Crippen molar-refractivity contribution in [1.82, 2.24) is 4.90 Å². The smallest absolute Gasteiger partial charge is 0.233 e. The van der Waals surface area contributed by atoms with Gasteiger partial charge in [-0.1, -0.05) is 12.1 Å². The van der Waals surface area contributed by atoms with Crippen LogP contribution in [0.3, 0.4) is 0 Å². The summed E-state index contributed by atoms with van der Waals surface area (Å²) in [5.41, 5.74) is 3.61. The molecule has 130 valence electrons.